The van der Waals surface area contributed by atoms with Crippen LogP contribution in [0.3, 0.4) is 0 Å². The smallest absolute Gasteiger partial charge is 0.140 e. The molecule has 0 aliphatic heterocycles. The van der Waals surface area contributed by atoms with Crippen LogP contribution in [0.5, 0.6) is 0 Å². The molecule has 4 nitrogen and oxygen atoms in total. The zero-order chi connectivity index (χ0) is 26.2. The van der Waals surface area contributed by atoms with Crippen LogP contribution in [0.15, 0.2) is 109 Å². The number of aromatic nitrogens is 3. The van der Waals surface area contributed by atoms with Crippen LogP contribution in [-0.4, -0.2) is 19.4 Å². The maximum absolute atomic E-state index is 5.31. The van der Waals surface area contributed by atoms with Gasteiger partial charge in [0.25, 0.3) is 0 Å². The average Bonchev–Trinajstić information content (AvgIpc) is 3.31. The fraction of sp³-hybridized carbons (Fsp3) is 0.235. The van der Waals surface area contributed by atoms with Crippen LogP contribution in [0.4, 0.5) is 0 Å². The van der Waals surface area contributed by atoms with Gasteiger partial charge in [-0.25, -0.2) is 4.98 Å². The lowest BCUT2D eigenvalue weighted by Gasteiger charge is -2.24. The van der Waals surface area contributed by atoms with Gasteiger partial charge < -0.3 is 4.57 Å². The van der Waals surface area contributed by atoms with Crippen molar-refractivity contribution in [1.29, 1.82) is 0 Å². The molecule has 0 atom stereocenters. The molecule has 0 radical (unpaired) electrons. The molecule has 0 spiro atoms. The number of pyridine rings is 1. The molecule has 0 aliphatic carbocycles. The van der Waals surface area contributed by atoms with Gasteiger partial charge in [0.2, 0.25) is 0 Å². The van der Waals surface area contributed by atoms with E-state index in [2.05, 4.69) is 133 Å². The Morgan fingerprint density at radius 3 is 1.97 bits per heavy atom. The Morgan fingerprint density at radius 2 is 1.32 bits per heavy atom. The molecule has 0 fully saturated rings. The minimum absolute atomic E-state index is 0.768. The summed E-state index contributed by atoms with van der Waals surface area (Å²) in [6.45, 7) is 7.64. The van der Waals surface area contributed by atoms with Crippen molar-refractivity contribution < 1.29 is 0 Å². The molecular weight excluding hydrogens is 464 g/mol. The Labute approximate surface area is 226 Å². The molecule has 4 heteroatoms. The Kier molecular flexibility index (Phi) is 8.42. The second kappa shape index (κ2) is 12.5. The molecule has 0 aliphatic rings. The summed E-state index contributed by atoms with van der Waals surface area (Å²) in [5, 5.41) is 0. The third-order valence-corrected chi connectivity index (χ3v) is 6.84. The molecule has 2 aromatic heterocycles. The molecular formula is C34H36N4. The molecule has 0 bridgehead atoms. The van der Waals surface area contributed by atoms with E-state index in [1.165, 1.54) is 11.3 Å². The number of nitrogens with zero attached hydrogens (tertiary/aromatic N) is 4. The van der Waals surface area contributed by atoms with Crippen molar-refractivity contribution in [1.82, 2.24) is 19.4 Å². The standard InChI is InChI=1S/C34H36N4/c1-3-4-23-38-32(33(29-18-10-6-11-19-29)36-34(38)30-20-12-7-13-21-30)26-37(24-28-16-8-5-9-17-28)25-31-22-14-15-27(2)35-31/h5-22H,3-4,23-26H2,1-2H3. The molecule has 38 heavy (non-hydrogen) atoms. The van der Waals surface area contributed by atoms with Crippen LogP contribution in [0.25, 0.3) is 22.6 Å². The maximum Gasteiger partial charge on any atom is 0.140 e. The monoisotopic (exact) mass is 500 g/mol. The van der Waals surface area contributed by atoms with E-state index in [9.17, 15) is 0 Å². The first kappa shape index (κ1) is 25.6. The normalized spacial score (nSPS) is 11.2. The van der Waals surface area contributed by atoms with Gasteiger partial charge in [-0.2, -0.15) is 0 Å². The number of unbranched alkanes of at least 4 members (excludes halogenated alkanes) is 1. The predicted molar refractivity (Wildman–Crippen MR) is 156 cm³/mol. The lowest BCUT2D eigenvalue weighted by Crippen LogP contribution is -2.25. The third-order valence-electron chi connectivity index (χ3n) is 6.84. The zero-order valence-electron chi connectivity index (χ0n) is 22.4. The first-order chi connectivity index (χ1) is 18.7. The fourth-order valence-electron chi connectivity index (χ4n) is 4.98. The molecule has 0 unspecified atom stereocenters. The van der Waals surface area contributed by atoms with Crippen molar-refractivity contribution in [2.24, 2.45) is 0 Å². The van der Waals surface area contributed by atoms with Crippen molar-refractivity contribution in [3.63, 3.8) is 0 Å². The number of hydrogen-bond donors (Lipinski definition) is 0. The van der Waals surface area contributed by atoms with Gasteiger partial charge in [0, 0.05) is 43.0 Å². The minimum Gasteiger partial charge on any atom is -0.326 e. The molecule has 3 aromatic carbocycles. The highest BCUT2D eigenvalue weighted by atomic mass is 15.2. The van der Waals surface area contributed by atoms with Crippen LogP contribution >= 0.6 is 0 Å². The van der Waals surface area contributed by atoms with Crippen molar-refractivity contribution in [3.05, 3.63) is 132 Å². The summed E-state index contributed by atoms with van der Waals surface area (Å²) >= 11 is 0. The van der Waals surface area contributed by atoms with Crippen LogP contribution in [0.1, 0.15) is 42.4 Å². The predicted octanol–water partition coefficient (Wildman–Crippen LogP) is 7.92. The largest absolute Gasteiger partial charge is 0.326 e. The molecule has 5 aromatic rings. The third kappa shape index (κ3) is 6.27. The number of aryl methyl sites for hydroxylation is 1. The van der Waals surface area contributed by atoms with E-state index in [-0.39, 0.29) is 0 Å². The second-order valence-electron chi connectivity index (χ2n) is 9.87. The molecule has 0 amide bonds. The van der Waals surface area contributed by atoms with Gasteiger partial charge in [-0.1, -0.05) is 110 Å². The van der Waals surface area contributed by atoms with Crippen molar-refractivity contribution in [2.45, 2.75) is 52.9 Å². The van der Waals surface area contributed by atoms with Gasteiger partial charge in [0.1, 0.15) is 5.82 Å². The van der Waals surface area contributed by atoms with E-state index >= 15 is 0 Å². The van der Waals surface area contributed by atoms with Gasteiger partial charge >= 0.3 is 0 Å². The summed E-state index contributed by atoms with van der Waals surface area (Å²) in [5.41, 5.74) is 8.06. The molecule has 0 N–H and O–H groups in total. The topological polar surface area (TPSA) is 34.0 Å². The van der Waals surface area contributed by atoms with Gasteiger partial charge in [0.15, 0.2) is 0 Å². The molecule has 0 saturated carbocycles. The molecule has 192 valence electrons. The van der Waals surface area contributed by atoms with E-state index in [1.807, 2.05) is 0 Å². The molecule has 0 saturated heterocycles. The van der Waals surface area contributed by atoms with Crippen LogP contribution in [-0.2, 0) is 26.2 Å². The summed E-state index contributed by atoms with van der Waals surface area (Å²) in [6, 6.07) is 38.2. The molecule has 5 rings (SSSR count). The molecule has 2 heterocycles. The Balaban J connectivity index is 1.61. The summed E-state index contributed by atoms with van der Waals surface area (Å²) in [5.74, 6) is 1.04. The number of hydrogen-bond acceptors (Lipinski definition) is 3. The first-order valence-corrected chi connectivity index (χ1v) is 13.6. The highest BCUT2D eigenvalue weighted by Crippen LogP contribution is 2.31. The van der Waals surface area contributed by atoms with E-state index in [0.717, 1.165) is 73.1 Å². The van der Waals surface area contributed by atoms with Gasteiger partial charge in [-0.3, -0.25) is 9.88 Å². The highest BCUT2D eigenvalue weighted by molar-refractivity contribution is 5.68. The number of benzene rings is 3. The van der Waals surface area contributed by atoms with E-state index in [0.29, 0.717) is 0 Å². The highest BCUT2D eigenvalue weighted by Gasteiger charge is 2.22. The fourth-order valence-corrected chi connectivity index (χ4v) is 4.98. The van der Waals surface area contributed by atoms with Crippen LogP contribution in [0, 0.1) is 6.92 Å². The van der Waals surface area contributed by atoms with E-state index < -0.39 is 0 Å². The lowest BCUT2D eigenvalue weighted by atomic mass is 10.1. The number of imidazole rings is 1. The minimum atomic E-state index is 0.768. The summed E-state index contributed by atoms with van der Waals surface area (Å²) < 4.78 is 2.46. The maximum atomic E-state index is 5.31. The summed E-state index contributed by atoms with van der Waals surface area (Å²) in [7, 11) is 0. The van der Waals surface area contributed by atoms with Crippen molar-refractivity contribution >= 4 is 0 Å². The second-order valence-corrected chi connectivity index (χ2v) is 9.87. The van der Waals surface area contributed by atoms with E-state index in [4.69, 9.17) is 9.97 Å². The Hall–Kier alpha value is -4.02. The van der Waals surface area contributed by atoms with Gasteiger partial charge in [-0.15, -0.1) is 0 Å². The van der Waals surface area contributed by atoms with Crippen molar-refractivity contribution in [2.75, 3.05) is 0 Å². The van der Waals surface area contributed by atoms with E-state index in [1.54, 1.807) is 0 Å². The first-order valence-electron chi connectivity index (χ1n) is 13.6. The van der Waals surface area contributed by atoms with Gasteiger partial charge in [-0.05, 0) is 31.0 Å². The van der Waals surface area contributed by atoms with Crippen LogP contribution in [0.2, 0.25) is 0 Å². The van der Waals surface area contributed by atoms with Crippen molar-refractivity contribution in [3.8, 4) is 22.6 Å². The number of rotatable bonds is 11. The zero-order valence-corrected chi connectivity index (χ0v) is 22.4. The Bertz CT molecular complexity index is 1430. The van der Waals surface area contributed by atoms with Gasteiger partial charge in [0.05, 0.1) is 17.1 Å². The summed E-state index contributed by atoms with van der Waals surface area (Å²) in [4.78, 5) is 12.6. The lowest BCUT2D eigenvalue weighted by molar-refractivity contribution is 0.238. The average molecular weight is 501 g/mol. The summed E-state index contributed by atoms with van der Waals surface area (Å²) in [6.07, 6.45) is 2.24. The van der Waals surface area contributed by atoms with Crippen LogP contribution < -0.4 is 0 Å². The Morgan fingerprint density at radius 1 is 0.658 bits per heavy atom. The SMILES string of the molecule is CCCCn1c(-c2ccccc2)nc(-c2ccccc2)c1CN(Cc1ccccc1)Cc1cccc(C)n1. The quantitative estimate of drug-likeness (QED) is 0.185.